The van der Waals surface area contributed by atoms with Crippen LogP contribution >= 0.6 is 34.4 Å². The number of carbonyl (C=O) groups excluding carboxylic acids is 2. The van der Waals surface area contributed by atoms with Gasteiger partial charge in [-0.25, -0.2) is 19.7 Å². The zero-order valence-corrected chi connectivity index (χ0v) is 19.4. The summed E-state index contributed by atoms with van der Waals surface area (Å²) in [4.78, 5) is 40.4. The van der Waals surface area contributed by atoms with Crippen LogP contribution in [-0.4, -0.2) is 39.2 Å². The number of hydrogen-bond acceptors (Lipinski definition) is 9. The molecule has 0 radical (unpaired) electrons. The Morgan fingerprint density at radius 2 is 2.17 bits per heavy atom. The molecule has 0 fully saturated rings. The number of carbonyl (C=O) groups is 2. The minimum Gasteiger partial charge on any atom is -0.462 e. The first-order chi connectivity index (χ1) is 14.5. The van der Waals surface area contributed by atoms with Crippen molar-refractivity contribution in [3.05, 3.63) is 27.3 Å². The highest BCUT2D eigenvalue weighted by Crippen LogP contribution is 2.40. The summed E-state index contributed by atoms with van der Waals surface area (Å²) in [5.74, 6) is 0.304. The Bertz CT molecular complexity index is 1110. The Hall–Kier alpha value is -2.04. The summed E-state index contributed by atoms with van der Waals surface area (Å²) in [5.41, 5.74) is 1.91. The molecule has 7 nitrogen and oxygen atoms in total. The van der Waals surface area contributed by atoms with Crippen molar-refractivity contribution in [3.63, 3.8) is 0 Å². The van der Waals surface area contributed by atoms with Gasteiger partial charge in [0, 0.05) is 10.3 Å². The highest BCUT2D eigenvalue weighted by molar-refractivity contribution is 8.00. The van der Waals surface area contributed by atoms with E-state index in [1.165, 1.54) is 28.6 Å². The van der Waals surface area contributed by atoms with E-state index in [9.17, 15) is 9.59 Å². The number of hydrogen-bond donors (Lipinski definition) is 1. The molecule has 3 aromatic heterocycles. The number of thiophene rings is 1. The van der Waals surface area contributed by atoms with E-state index in [2.05, 4.69) is 27.2 Å². The van der Waals surface area contributed by atoms with Gasteiger partial charge in [-0.1, -0.05) is 30.0 Å². The molecular formula is C20H22N4O3S3. The topological polar surface area (TPSA) is 94.1 Å². The number of rotatable bonds is 6. The van der Waals surface area contributed by atoms with Crippen LogP contribution in [0.4, 0.5) is 5.13 Å². The van der Waals surface area contributed by atoms with Crippen molar-refractivity contribution in [1.82, 2.24) is 15.0 Å². The number of aryl methyl sites for hydroxylation is 2. The van der Waals surface area contributed by atoms with Gasteiger partial charge in [0.15, 0.2) is 5.13 Å². The molecule has 1 atom stereocenters. The van der Waals surface area contributed by atoms with E-state index in [0.29, 0.717) is 28.2 Å². The zero-order valence-electron chi connectivity index (χ0n) is 17.0. The lowest BCUT2D eigenvalue weighted by atomic mass is 9.89. The summed E-state index contributed by atoms with van der Waals surface area (Å²) in [6.45, 7) is 6.06. The van der Waals surface area contributed by atoms with Crippen molar-refractivity contribution in [3.8, 4) is 0 Å². The average molecular weight is 463 g/mol. The fourth-order valence-electron chi connectivity index (χ4n) is 3.48. The van der Waals surface area contributed by atoms with Crippen molar-refractivity contribution < 1.29 is 14.3 Å². The van der Waals surface area contributed by atoms with Crippen molar-refractivity contribution in [2.75, 3.05) is 17.7 Å². The van der Waals surface area contributed by atoms with Crippen LogP contribution in [0.3, 0.4) is 0 Å². The summed E-state index contributed by atoms with van der Waals surface area (Å²) < 4.78 is 5.02. The van der Waals surface area contributed by atoms with Gasteiger partial charge in [-0.15, -0.1) is 11.3 Å². The highest BCUT2D eigenvalue weighted by atomic mass is 32.2. The number of esters is 1. The number of fused-ring (bicyclic) bond motifs is 3. The molecule has 1 aliphatic rings. The normalized spacial score (nSPS) is 15.8. The molecule has 1 amide bonds. The van der Waals surface area contributed by atoms with E-state index in [-0.39, 0.29) is 11.7 Å². The summed E-state index contributed by atoms with van der Waals surface area (Å²) >= 11 is 4.29. The van der Waals surface area contributed by atoms with Gasteiger partial charge in [0.05, 0.1) is 18.1 Å². The largest absolute Gasteiger partial charge is 0.462 e. The van der Waals surface area contributed by atoms with Crippen LogP contribution in [0.5, 0.6) is 0 Å². The van der Waals surface area contributed by atoms with E-state index >= 15 is 0 Å². The first-order valence-corrected chi connectivity index (χ1v) is 12.4. The van der Waals surface area contributed by atoms with Crippen LogP contribution in [0.15, 0.2) is 11.4 Å². The second kappa shape index (κ2) is 8.99. The van der Waals surface area contributed by atoms with Crippen LogP contribution < -0.4 is 5.32 Å². The molecule has 1 N–H and O–H groups in total. The summed E-state index contributed by atoms with van der Waals surface area (Å²) in [5, 5.41) is 5.14. The third-order valence-corrected chi connectivity index (χ3v) is 8.11. The maximum absolute atomic E-state index is 12.5. The Morgan fingerprint density at radius 1 is 1.33 bits per heavy atom. The molecule has 158 valence electrons. The molecule has 0 spiro atoms. The van der Waals surface area contributed by atoms with Gasteiger partial charge in [0.1, 0.15) is 21.1 Å². The van der Waals surface area contributed by atoms with Gasteiger partial charge < -0.3 is 10.1 Å². The molecule has 1 unspecified atom stereocenters. The Balaban J connectivity index is 1.45. The maximum Gasteiger partial charge on any atom is 0.350 e. The van der Waals surface area contributed by atoms with E-state index in [4.69, 9.17) is 4.74 Å². The molecule has 0 saturated heterocycles. The molecule has 3 aromatic rings. The van der Waals surface area contributed by atoms with Crippen LogP contribution in [0.2, 0.25) is 0 Å². The number of thiazole rings is 1. The van der Waals surface area contributed by atoms with Crippen LogP contribution in [0.1, 0.15) is 46.1 Å². The van der Waals surface area contributed by atoms with E-state index in [1.54, 1.807) is 31.5 Å². The van der Waals surface area contributed by atoms with Crippen molar-refractivity contribution in [2.24, 2.45) is 5.92 Å². The van der Waals surface area contributed by atoms with E-state index < -0.39 is 5.97 Å². The number of amides is 1. The SMILES string of the molecule is CCOC(=O)c1sc(NC(=O)CSc2ncnc3sc4c(c23)CCC(C)C4)nc1C. The molecule has 3 heterocycles. The van der Waals surface area contributed by atoms with Gasteiger partial charge in [0.25, 0.3) is 0 Å². The van der Waals surface area contributed by atoms with Crippen LogP contribution in [0.25, 0.3) is 10.2 Å². The number of nitrogens with one attached hydrogen (secondary N) is 1. The van der Waals surface area contributed by atoms with Gasteiger partial charge in [-0.2, -0.15) is 0 Å². The maximum atomic E-state index is 12.5. The molecule has 1 aliphatic carbocycles. The minimum atomic E-state index is -0.415. The highest BCUT2D eigenvalue weighted by Gasteiger charge is 2.23. The Kier molecular flexibility index (Phi) is 6.35. The quantitative estimate of drug-likeness (QED) is 0.328. The number of thioether (sulfide) groups is 1. The Labute approximate surface area is 186 Å². The lowest BCUT2D eigenvalue weighted by molar-refractivity contribution is -0.113. The lowest BCUT2D eigenvalue weighted by Crippen LogP contribution is -2.14. The van der Waals surface area contributed by atoms with Crippen LogP contribution in [-0.2, 0) is 22.4 Å². The average Bonchev–Trinajstić information content (AvgIpc) is 3.26. The van der Waals surface area contributed by atoms with Gasteiger partial charge in [0.2, 0.25) is 5.91 Å². The summed E-state index contributed by atoms with van der Waals surface area (Å²) in [6, 6.07) is 0. The minimum absolute atomic E-state index is 0.186. The summed E-state index contributed by atoms with van der Waals surface area (Å²) in [6.07, 6.45) is 4.88. The third kappa shape index (κ3) is 4.35. The third-order valence-electron chi connectivity index (χ3n) is 4.90. The number of anilines is 1. The fourth-order valence-corrected chi connectivity index (χ4v) is 6.60. The second-order valence-corrected chi connectivity index (χ2v) is 10.2. The smallest absolute Gasteiger partial charge is 0.350 e. The molecule has 10 heteroatoms. The van der Waals surface area contributed by atoms with Gasteiger partial charge in [-0.3, -0.25) is 4.79 Å². The van der Waals surface area contributed by atoms with Crippen molar-refractivity contribution >= 4 is 61.7 Å². The molecule has 0 saturated carbocycles. The first kappa shape index (κ1) is 21.2. The van der Waals surface area contributed by atoms with Crippen molar-refractivity contribution in [2.45, 2.75) is 45.1 Å². The molecule has 0 bridgehead atoms. The number of nitrogens with zero attached hydrogens (tertiary/aromatic N) is 3. The molecule has 30 heavy (non-hydrogen) atoms. The predicted molar refractivity (Wildman–Crippen MR) is 121 cm³/mol. The van der Waals surface area contributed by atoms with Crippen molar-refractivity contribution in [1.29, 1.82) is 0 Å². The number of ether oxygens (including phenoxy) is 1. The Morgan fingerprint density at radius 3 is 2.97 bits per heavy atom. The standard InChI is InChI=1S/C20H22N4O3S3/c1-4-27-19(26)16-11(3)23-20(30-16)24-14(25)8-28-17-15-12-6-5-10(2)7-13(12)29-18(15)22-9-21-17/h9-10H,4-8H2,1-3H3,(H,23,24,25). The molecule has 0 aliphatic heterocycles. The molecule has 0 aromatic carbocycles. The fraction of sp³-hybridized carbons (Fsp3) is 0.450. The van der Waals surface area contributed by atoms with Crippen LogP contribution in [0, 0.1) is 12.8 Å². The predicted octanol–water partition coefficient (Wildman–Crippen LogP) is 4.49. The lowest BCUT2D eigenvalue weighted by Gasteiger charge is -2.18. The van der Waals surface area contributed by atoms with E-state index in [1.807, 2.05) is 0 Å². The molecular weight excluding hydrogens is 440 g/mol. The van der Waals surface area contributed by atoms with E-state index in [0.717, 1.165) is 39.4 Å². The zero-order chi connectivity index (χ0) is 21.3. The van der Waals surface area contributed by atoms with Gasteiger partial charge >= 0.3 is 5.97 Å². The van der Waals surface area contributed by atoms with Gasteiger partial charge in [-0.05, 0) is 44.6 Å². The summed E-state index contributed by atoms with van der Waals surface area (Å²) in [7, 11) is 0. The number of aromatic nitrogens is 3. The monoisotopic (exact) mass is 462 g/mol. The first-order valence-electron chi connectivity index (χ1n) is 9.78. The second-order valence-electron chi connectivity index (χ2n) is 7.20. The molecule has 4 rings (SSSR count).